The van der Waals surface area contributed by atoms with Crippen molar-refractivity contribution in [2.45, 2.75) is 25.7 Å². The van der Waals surface area contributed by atoms with Crippen molar-refractivity contribution in [1.82, 2.24) is 0 Å². The Bertz CT molecular complexity index is 521. The van der Waals surface area contributed by atoms with E-state index >= 15 is 0 Å². The van der Waals surface area contributed by atoms with Gasteiger partial charge in [-0.1, -0.05) is 30.5 Å². The molecule has 0 unspecified atom stereocenters. The molecule has 1 aromatic rings. The molecule has 1 heterocycles. The van der Waals surface area contributed by atoms with Crippen molar-refractivity contribution >= 4 is 29.0 Å². The molecule has 0 radical (unpaired) electrons. The average molecular weight is 264 g/mol. The van der Waals surface area contributed by atoms with Crippen LogP contribution >= 0.6 is 11.6 Å². The van der Waals surface area contributed by atoms with Crippen LogP contribution in [0.5, 0.6) is 0 Å². The summed E-state index contributed by atoms with van der Waals surface area (Å²) in [6, 6.07) is 5.12. The van der Waals surface area contributed by atoms with Gasteiger partial charge in [-0.25, -0.2) is 0 Å². The number of halogens is 1. The number of ketones is 1. The van der Waals surface area contributed by atoms with Gasteiger partial charge < -0.3 is 4.90 Å². The van der Waals surface area contributed by atoms with Gasteiger partial charge in [0.15, 0.2) is 0 Å². The van der Waals surface area contributed by atoms with Crippen LogP contribution in [0.1, 0.15) is 36.0 Å². The fourth-order valence-electron chi connectivity index (χ4n) is 2.94. The van der Waals surface area contributed by atoms with Crippen LogP contribution in [0.25, 0.3) is 0 Å². The molecule has 3 nitrogen and oxygen atoms in total. The number of nitrogens with zero attached hydrogens (tertiary/aromatic N) is 1. The first-order chi connectivity index (χ1) is 8.68. The summed E-state index contributed by atoms with van der Waals surface area (Å²) in [6.07, 6.45) is 4.71. The number of hydrogen-bond acceptors (Lipinski definition) is 2. The van der Waals surface area contributed by atoms with Crippen molar-refractivity contribution in [2.75, 3.05) is 11.4 Å². The lowest BCUT2D eigenvalue weighted by atomic mass is 10.1. The lowest BCUT2D eigenvalue weighted by molar-refractivity contribution is -0.114. The van der Waals surface area contributed by atoms with Crippen molar-refractivity contribution < 1.29 is 9.59 Å². The summed E-state index contributed by atoms with van der Waals surface area (Å²) < 4.78 is 0. The van der Waals surface area contributed by atoms with Crippen LogP contribution < -0.4 is 4.90 Å². The molecule has 18 heavy (non-hydrogen) atoms. The molecular weight excluding hydrogens is 250 g/mol. The maximum absolute atomic E-state index is 12.0. The van der Waals surface area contributed by atoms with E-state index in [1.54, 1.807) is 23.1 Å². The van der Waals surface area contributed by atoms with Gasteiger partial charge in [0.05, 0.1) is 16.3 Å². The van der Waals surface area contributed by atoms with E-state index in [9.17, 15) is 9.59 Å². The van der Waals surface area contributed by atoms with E-state index in [2.05, 4.69) is 0 Å². The van der Waals surface area contributed by atoms with Crippen LogP contribution in [-0.2, 0) is 4.79 Å². The summed E-state index contributed by atoms with van der Waals surface area (Å²) in [4.78, 5) is 25.5. The largest absolute Gasteiger partial charge is 0.303 e. The van der Waals surface area contributed by atoms with Gasteiger partial charge in [0, 0.05) is 6.54 Å². The highest BCUT2D eigenvalue weighted by molar-refractivity contribution is 6.54. The molecule has 0 bridgehead atoms. The number of fused-ring (bicyclic) bond motifs is 1. The number of carbonyl (C=O) groups excluding carboxylic acids is 2. The number of anilines is 1. The minimum Gasteiger partial charge on any atom is -0.303 e. The van der Waals surface area contributed by atoms with Crippen molar-refractivity contribution in [1.29, 1.82) is 0 Å². The molecular formula is C14H14ClNO2. The Hall–Kier alpha value is -1.35. The minimum absolute atomic E-state index is 0.425. The molecule has 4 heteroatoms. The van der Waals surface area contributed by atoms with E-state index in [0.29, 0.717) is 28.7 Å². The monoisotopic (exact) mass is 263 g/mol. The number of carbonyl (C=O) groups is 2. The fourth-order valence-corrected chi connectivity index (χ4v) is 3.21. The fraction of sp³-hybridized carbons (Fsp3) is 0.429. The average Bonchev–Trinajstić information content (AvgIpc) is 2.94. The molecule has 1 aliphatic heterocycles. The third-order valence-electron chi connectivity index (χ3n) is 3.86. The normalized spacial score (nSPS) is 19.7. The first kappa shape index (κ1) is 11.7. The van der Waals surface area contributed by atoms with Crippen molar-refractivity contribution in [2.24, 2.45) is 5.92 Å². The van der Waals surface area contributed by atoms with Crippen LogP contribution in [0.2, 0.25) is 5.02 Å². The Morgan fingerprint density at radius 1 is 1.22 bits per heavy atom. The molecule has 1 fully saturated rings. The summed E-state index contributed by atoms with van der Waals surface area (Å²) in [5, 5.41) is 0.490. The molecule has 3 rings (SSSR count). The highest BCUT2D eigenvalue weighted by Gasteiger charge is 2.38. The molecule has 1 saturated carbocycles. The summed E-state index contributed by atoms with van der Waals surface area (Å²) in [6.45, 7) is 0.626. The number of para-hydroxylation sites is 1. The van der Waals surface area contributed by atoms with Gasteiger partial charge in [-0.05, 0) is 30.9 Å². The maximum atomic E-state index is 12.0. The Balaban J connectivity index is 1.96. The second kappa shape index (κ2) is 4.39. The zero-order valence-electron chi connectivity index (χ0n) is 9.99. The number of benzene rings is 1. The van der Waals surface area contributed by atoms with E-state index in [4.69, 9.17) is 11.6 Å². The van der Waals surface area contributed by atoms with E-state index in [1.807, 2.05) is 0 Å². The SMILES string of the molecule is O=C1C(=O)N(CC2CCCC2)c2c(Cl)cccc21. The van der Waals surface area contributed by atoms with Gasteiger partial charge in [0.2, 0.25) is 0 Å². The lowest BCUT2D eigenvalue weighted by Crippen LogP contribution is -2.33. The Kier molecular flexibility index (Phi) is 2.86. The highest BCUT2D eigenvalue weighted by Crippen LogP contribution is 2.37. The first-order valence-electron chi connectivity index (χ1n) is 6.33. The molecule has 1 aromatic carbocycles. The molecule has 1 amide bonds. The minimum atomic E-state index is -0.426. The van der Waals surface area contributed by atoms with E-state index in [1.165, 1.54) is 12.8 Å². The van der Waals surface area contributed by atoms with Crippen LogP contribution in [0.4, 0.5) is 5.69 Å². The summed E-state index contributed by atoms with van der Waals surface area (Å²) in [7, 11) is 0. The van der Waals surface area contributed by atoms with E-state index in [-0.39, 0.29) is 0 Å². The van der Waals surface area contributed by atoms with Crippen molar-refractivity contribution in [3.8, 4) is 0 Å². The van der Waals surface area contributed by atoms with E-state index in [0.717, 1.165) is 12.8 Å². The highest BCUT2D eigenvalue weighted by atomic mass is 35.5. The van der Waals surface area contributed by atoms with Gasteiger partial charge in [0.25, 0.3) is 11.7 Å². The zero-order valence-corrected chi connectivity index (χ0v) is 10.7. The topological polar surface area (TPSA) is 37.4 Å². The smallest absolute Gasteiger partial charge is 0.299 e. The van der Waals surface area contributed by atoms with Crippen molar-refractivity contribution in [3.63, 3.8) is 0 Å². The quantitative estimate of drug-likeness (QED) is 0.769. The number of Topliss-reactive ketones (excluding diaryl/α,β-unsaturated/α-hetero) is 1. The van der Waals surface area contributed by atoms with Crippen molar-refractivity contribution in [3.05, 3.63) is 28.8 Å². The van der Waals surface area contributed by atoms with Crippen LogP contribution in [-0.4, -0.2) is 18.2 Å². The lowest BCUT2D eigenvalue weighted by Gasteiger charge is -2.21. The molecule has 0 saturated heterocycles. The predicted octanol–water partition coefficient (Wildman–Crippen LogP) is 3.06. The Morgan fingerprint density at radius 2 is 1.94 bits per heavy atom. The number of amides is 1. The summed E-state index contributed by atoms with van der Waals surface area (Å²) in [5.74, 6) is -0.348. The van der Waals surface area contributed by atoms with Gasteiger partial charge in [-0.2, -0.15) is 0 Å². The van der Waals surface area contributed by atoms with Crippen LogP contribution in [0.3, 0.4) is 0 Å². The Morgan fingerprint density at radius 3 is 2.67 bits per heavy atom. The Labute approximate surface area is 111 Å². The number of rotatable bonds is 2. The molecule has 94 valence electrons. The summed E-state index contributed by atoms with van der Waals surface area (Å²) in [5.41, 5.74) is 1.06. The molecule has 0 aromatic heterocycles. The standard InChI is InChI=1S/C14H14ClNO2/c15-11-7-3-6-10-12(11)16(14(18)13(10)17)8-9-4-1-2-5-9/h3,6-7,9H,1-2,4-5,8H2. The van der Waals surface area contributed by atoms with E-state index < -0.39 is 11.7 Å². The molecule has 0 atom stereocenters. The second-order valence-electron chi connectivity index (χ2n) is 5.03. The molecule has 1 aliphatic carbocycles. The number of hydrogen-bond donors (Lipinski definition) is 0. The first-order valence-corrected chi connectivity index (χ1v) is 6.71. The predicted molar refractivity (Wildman–Crippen MR) is 70.1 cm³/mol. The maximum Gasteiger partial charge on any atom is 0.299 e. The van der Waals surface area contributed by atoms with Gasteiger partial charge in [0.1, 0.15) is 0 Å². The summed E-state index contributed by atoms with van der Waals surface area (Å²) >= 11 is 6.13. The second-order valence-corrected chi connectivity index (χ2v) is 5.44. The van der Waals surface area contributed by atoms with Gasteiger partial charge in [-0.3, -0.25) is 9.59 Å². The van der Waals surface area contributed by atoms with Gasteiger partial charge in [-0.15, -0.1) is 0 Å². The van der Waals surface area contributed by atoms with Crippen LogP contribution in [0, 0.1) is 5.92 Å². The zero-order chi connectivity index (χ0) is 12.7. The third-order valence-corrected chi connectivity index (χ3v) is 4.16. The third kappa shape index (κ3) is 1.74. The van der Waals surface area contributed by atoms with Crippen LogP contribution in [0.15, 0.2) is 18.2 Å². The molecule has 2 aliphatic rings. The molecule has 0 spiro atoms. The molecule has 0 N–H and O–H groups in total. The van der Waals surface area contributed by atoms with Gasteiger partial charge >= 0.3 is 0 Å².